The highest BCUT2D eigenvalue weighted by molar-refractivity contribution is 7.75. The lowest BCUT2D eigenvalue weighted by Gasteiger charge is -2.67. The Balaban J connectivity index is 1.53. The largest absolute Gasteiger partial charge is 0.393 e. The number of hydrogen-bond acceptors (Lipinski definition) is 5. The zero-order valence-electron chi connectivity index (χ0n) is 15.9. The molecule has 1 heterocycles. The van der Waals surface area contributed by atoms with Crippen LogP contribution < -0.4 is 0 Å². The van der Waals surface area contributed by atoms with Crippen LogP contribution in [0.5, 0.6) is 0 Å². The zero-order chi connectivity index (χ0) is 18.4. The molecule has 4 aliphatic carbocycles. The zero-order valence-corrected chi connectivity index (χ0v) is 16.7. The fraction of sp³-hybridized carbons (Fsp3) is 1.00. The minimum absolute atomic E-state index is 0.0262. The van der Waals surface area contributed by atoms with Gasteiger partial charge in [0, 0.05) is 5.41 Å². The predicted octanol–water partition coefficient (Wildman–Crippen LogP) is 2.73. The fourth-order valence-corrected chi connectivity index (χ4v) is 9.27. The van der Waals surface area contributed by atoms with Crippen LogP contribution >= 0.6 is 0 Å². The van der Waals surface area contributed by atoms with Crippen LogP contribution in [-0.2, 0) is 19.7 Å². The number of rotatable bonds is 1. The van der Waals surface area contributed by atoms with Crippen molar-refractivity contribution in [2.24, 2.45) is 34.0 Å². The smallest absolute Gasteiger partial charge is 0.304 e. The Kier molecular flexibility index (Phi) is 3.84. The van der Waals surface area contributed by atoms with Crippen molar-refractivity contribution in [1.29, 1.82) is 0 Å². The molecule has 6 heteroatoms. The average molecular weight is 385 g/mol. The summed E-state index contributed by atoms with van der Waals surface area (Å²) >= 11 is -1.59. The van der Waals surface area contributed by atoms with Gasteiger partial charge in [0.05, 0.1) is 24.9 Å². The van der Waals surface area contributed by atoms with Gasteiger partial charge in [-0.05, 0) is 80.0 Å². The molecule has 4 saturated carbocycles. The summed E-state index contributed by atoms with van der Waals surface area (Å²) in [5.41, 5.74) is -0.474. The minimum Gasteiger partial charge on any atom is -0.393 e. The van der Waals surface area contributed by atoms with Crippen LogP contribution in [0, 0.1) is 34.0 Å². The molecule has 9 atom stereocenters. The normalized spacial score (nSPS) is 61.5. The molecule has 1 aliphatic heterocycles. The van der Waals surface area contributed by atoms with Crippen molar-refractivity contribution in [2.75, 3.05) is 13.2 Å². The standard InChI is InChI=1S/C20H32O5S/c1-17-12-24-26(23)25-16(17)5-6-18(2)15(17)4-3-13-9-14-10-19(13,18)7-8-20(14,22)11-21/h13-16,21-22H,3-12H2,1-2H3/t13-,14+,15-,16+,17-,18-,19-,20-,26?/m1/s1. The van der Waals surface area contributed by atoms with E-state index in [1.165, 1.54) is 12.8 Å². The van der Waals surface area contributed by atoms with E-state index in [4.69, 9.17) is 8.37 Å². The Morgan fingerprint density at radius 1 is 1.12 bits per heavy atom. The van der Waals surface area contributed by atoms with Gasteiger partial charge in [-0.25, -0.2) is 0 Å². The van der Waals surface area contributed by atoms with Gasteiger partial charge >= 0.3 is 11.4 Å². The van der Waals surface area contributed by atoms with Crippen LogP contribution in [0.2, 0.25) is 0 Å². The topological polar surface area (TPSA) is 76.0 Å². The van der Waals surface area contributed by atoms with E-state index in [1.54, 1.807) is 0 Å². The second-order valence-electron chi connectivity index (χ2n) is 10.4. The summed E-state index contributed by atoms with van der Waals surface area (Å²) in [5.74, 6) is 1.40. The minimum atomic E-state index is -1.59. The lowest BCUT2D eigenvalue weighted by atomic mass is 9.39. The second kappa shape index (κ2) is 5.53. The Bertz CT molecular complexity index is 642. The van der Waals surface area contributed by atoms with Crippen LogP contribution in [0.15, 0.2) is 0 Å². The van der Waals surface area contributed by atoms with E-state index in [-0.39, 0.29) is 34.9 Å². The van der Waals surface area contributed by atoms with Gasteiger partial charge in [-0.2, -0.15) is 4.21 Å². The predicted molar refractivity (Wildman–Crippen MR) is 97.1 cm³/mol. The molecule has 5 nitrogen and oxygen atoms in total. The summed E-state index contributed by atoms with van der Waals surface area (Å²) < 4.78 is 23.0. The maximum absolute atomic E-state index is 11.8. The van der Waals surface area contributed by atoms with Crippen LogP contribution in [0.1, 0.15) is 65.2 Å². The van der Waals surface area contributed by atoms with Gasteiger partial charge in [-0.1, -0.05) is 13.8 Å². The van der Waals surface area contributed by atoms with E-state index in [1.807, 2.05) is 0 Å². The first kappa shape index (κ1) is 18.0. The molecule has 0 radical (unpaired) electrons. The quantitative estimate of drug-likeness (QED) is 0.727. The van der Waals surface area contributed by atoms with Crippen LogP contribution in [-0.4, -0.2) is 39.3 Å². The first-order chi connectivity index (χ1) is 12.3. The average Bonchev–Trinajstić information content (AvgIpc) is 2.97. The molecule has 1 saturated heterocycles. The van der Waals surface area contributed by atoms with E-state index in [0.717, 1.165) is 38.5 Å². The van der Waals surface area contributed by atoms with Gasteiger partial charge in [0.2, 0.25) is 0 Å². The summed E-state index contributed by atoms with van der Waals surface area (Å²) in [5, 5.41) is 20.7. The fourth-order valence-electron chi connectivity index (χ4n) is 8.35. The summed E-state index contributed by atoms with van der Waals surface area (Å²) in [4.78, 5) is 0. The molecule has 26 heavy (non-hydrogen) atoms. The van der Waals surface area contributed by atoms with Crippen molar-refractivity contribution in [1.82, 2.24) is 0 Å². The highest BCUT2D eigenvalue weighted by atomic mass is 32.2. The molecule has 0 aromatic carbocycles. The van der Waals surface area contributed by atoms with Crippen molar-refractivity contribution < 1.29 is 22.8 Å². The summed E-state index contributed by atoms with van der Waals surface area (Å²) in [6.07, 6.45) is 8.31. The number of aliphatic hydroxyl groups is 2. The molecule has 0 aromatic heterocycles. The highest BCUT2D eigenvalue weighted by Gasteiger charge is 2.71. The van der Waals surface area contributed by atoms with Crippen molar-refractivity contribution in [3.8, 4) is 0 Å². The molecule has 148 valence electrons. The van der Waals surface area contributed by atoms with E-state index in [2.05, 4.69) is 13.8 Å². The first-order valence-corrected chi connectivity index (χ1v) is 11.3. The Morgan fingerprint density at radius 3 is 2.69 bits per heavy atom. The van der Waals surface area contributed by atoms with E-state index < -0.39 is 17.0 Å². The maximum Gasteiger partial charge on any atom is 0.304 e. The third kappa shape index (κ3) is 2.03. The van der Waals surface area contributed by atoms with Gasteiger partial charge in [-0.15, -0.1) is 0 Å². The molecule has 1 spiro atoms. The van der Waals surface area contributed by atoms with Crippen LogP contribution in [0.25, 0.3) is 0 Å². The molecular weight excluding hydrogens is 352 g/mol. The third-order valence-corrected chi connectivity index (χ3v) is 10.5. The van der Waals surface area contributed by atoms with E-state index in [0.29, 0.717) is 18.4 Å². The molecule has 2 N–H and O–H groups in total. The summed E-state index contributed by atoms with van der Waals surface area (Å²) in [6, 6.07) is 0. The van der Waals surface area contributed by atoms with E-state index in [9.17, 15) is 14.4 Å². The molecule has 5 aliphatic rings. The van der Waals surface area contributed by atoms with Crippen molar-refractivity contribution in [3.05, 3.63) is 0 Å². The van der Waals surface area contributed by atoms with Gasteiger partial charge in [0.1, 0.15) is 0 Å². The molecule has 2 bridgehead atoms. The molecule has 0 amide bonds. The van der Waals surface area contributed by atoms with Crippen LogP contribution in [0.4, 0.5) is 0 Å². The van der Waals surface area contributed by atoms with Crippen molar-refractivity contribution in [3.63, 3.8) is 0 Å². The van der Waals surface area contributed by atoms with Crippen molar-refractivity contribution >= 4 is 11.4 Å². The number of aliphatic hydroxyl groups excluding tert-OH is 1. The molecule has 1 unspecified atom stereocenters. The van der Waals surface area contributed by atoms with Crippen molar-refractivity contribution in [2.45, 2.75) is 76.9 Å². The Morgan fingerprint density at radius 2 is 1.92 bits per heavy atom. The number of hydrogen-bond donors (Lipinski definition) is 2. The second-order valence-corrected chi connectivity index (χ2v) is 11.2. The van der Waals surface area contributed by atoms with Gasteiger partial charge < -0.3 is 10.2 Å². The molecular formula is C20H32O5S. The Hall–Kier alpha value is -0.0100. The van der Waals surface area contributed by atoms with Gasteiger partial charge in [0.25, 0.3) is 0 Å². The summed E-state index contributed by atoms with van der Waals surface area (Å²) in [6.45, 7) is 5.19. The SMILES string of the molecule is C[C@]12COS(=O)O[C@H]1CC[C@]1(C)[C@@H]2CC[C@@H]2C[C@H]3C[C@]21CC[C@@]3(O)CO. The Labute approximate surface area is 158 Å². The molecule has 5 fully saturated rings. The van der Waals surface area contributed by atoms with Crippen LogP contribution in [0.3, 0.4) is 0 Å². The highest BCUT2D eigenvalue weighted by Crippen LogP contribution is 2.75. The van der Waals surface area contributed by atoms with Gasteiger partial charge in [-0.3, -0.25) is 8.37 Å². The first-order valence-electron chi connectivity index (χ1n) is 10.3. The van der Waals surface area contributed by atoms with Gasteiger partial charge in [0.15, 0.2) is 0 Å². The van der Waals surface area contributed by atoms with E-state index >= 15 is 0 Å². The molecule has 0 aromatic rings. The monoisotopic (exact) mass is 384 g/mol. The number of fused-ring (bicyclic) bond motifs is 4. The third-order valence-electron chi connectivity index (χ3n) is 9.83. The maximum atomic E-state index is 11.8. The summed E-state index contributed by atoms with van der Waals surface area (Å²) in [7, 11) is 0. The lowest BCUT2D eigenvalue weighted by Crippen LogP contribution is -2.64. The lowest BCUT2D eigenvalue weighted by molar-refractivity contribution is -0.217. The molecule has 5 rings (SSSR count).